The lowest BCUT2D eigenvalue weighted by atomic mass is 9.98. The molecule has 31 heavy (non-hydrogen) atoms. The lowest BCUT2D eigenvalue weighted by molar-refractivity contribution is 0.0723. The van der Waals surface area contributed by atoms with Gasteiger partial charge in [-0.3, -0.25) is 9.59 Å². The Morgan fingerprint density at radius 2 is 1.77 bits per heavy atom. The molecule has 0 fully saturated rings. The third-order valence-electron chi connectivity index (χ3n) is 5.49. The second-order valence-corrected chi connectivity index (χ2v) is 7.42. The average molecular weight is 421 g/mol. The molecule has 2 aromatic heterocycles. The van der Waals surface area contributed by atoms with Crippen LogP contribution in [0.1, 0.15) is 34.1 Å². The van der Waals surface area contributed by atoms with Crippen molar-refractivity contribution in [3.63, 3.8) is 0 Å². The molecule has 0 radical (unpaired) electrons. The Morgan fingerprint density at radius 3 is 2.52 bits per heavy atom. The number of carbonyl (C=O) groups excluding carboxylic acids is 1. The molecule has 1 aliphatic heterocycles. The van der Waals surface area contributed by atoms with Crippen molar-refractivity contribution in [2.45, 2.75) is 19.0 Å². The van der Waals surface area contributed by atoms with Gasteiger partial charge in [-0.15, -0.1) is 0 Å². The van der Waals surface area contributed by atoms with Gasteiger partial charge >= 0.3 is 0 Å². The van der Waals surface area contributed by atoms with E-state index in [1.807, 2.05) is 10.8 Å². The average Bonchev–Trinajstić information content (AvgIpc) is 3.37. The minimum Gasteiger partial charge on any atom is -0.450 e. The van der Waals surface area contributed by atoms with E-state index in [1.54, 1.807) is 29.6 Å². The molecule has 6 nitrogen and oxygen atoms in total. The summed E-state index contributed by atoms with van der Waals surface area (Å²) in [5.74, 6) is -1.47. The fourth-order valence-corrected chi connectivity index (χ4v) is 4.06. The summed E-state index contributed by atoms with van der Waals surface area (Å²) in [7, 11) is 0. The standard InChI is InChI=1S/C23H17F2N3O3/c24-15-4-2-14(3-5-15)20-19-21(29)17-12-16(25)6-7-18(17)31-22(19)23(30)28(20)10-1-9-27-11-8-26-13-27/h2-8,11-13,20H,1,9-10H2. The van der Waals surface area contributed by atoms with Crippen molar-refractivity contribution in [3.8, 4) is 0 Å². The van der Waals surface area contributed by atoms with Crippen LogP contribution in [0.2, 0.25) is 0 Å². The molecule has 0 N–H and O–H groups in total. The van der Waals surface area contributed by atoms with Gasteiger partial charge in [-0.25, -0.2) is 13.8 Å². The Labute approximate surface area is 175 Å². The first kappa shape index (κ1) is 19.2. The van der Waals surface area contributed by atoms with Crippen molar-refractivity contribution in [3.05, 3.63) is 99.9 Å². The normalized spacial score (nSPS) is 15.6. The Bertz CT molecular complexity index is 1330. The van der Waals surface area contributed by atoms with E-state index in [1.165, 1.54) is 24.3 Å². The Kier molecular flexibility index (Phi) is 4.62. The molecule has 5 rings (SSSR count). The Hall–Kier alpha value is -3.81. The van der Waals surface area contributed by atoms with Crippen LogP contribution in [0.25, 0.3) is 11.0 Å². The van der Waals surface area contributed by atoms with Crippen LogP contribution in [-0.2, 0) is 6.54 Å². The zero-order chi connectivity index (χ0) is 21.5. The van der Waals surface area contributed by atoms with Gasteiger partial charge in [-0.1, -0.05) is 12.1 Å². The summed E-state index contributed by atoms with van der Waals surface area (Å²) in [4.78, 5) is 32.1. The van der Waals surface area contributed by atoms with Crippen molar-refractivity contribution < 1.29 is 18.0 Å². The molecule has 1 aliphatic rings. The maximum Gasteiger partial charge on any atom is 0.290 e. The first-order chi connectivity index (χ1) is 15.0. The topological polar surface area (TPSA) is 68.3 Å². The van der Waals surface area contributed by atoms with Crippen molar-refractivity contribution in [1.82, 2.24) is 14.5 Å². The van der Waals surface area contributed by atoms with E-state index in [4.69, 9.17) is 4.42 Å². The maximum absolute atomic E-state index is 13.8. The van der Waals surface area contributed by atoms with E-state index in [0.717, 1.165) is 6.07 Å². The first-order valence-corrected chi connectivity index (χ1v) is 9.81. The number of amides is 1. The number of halogens is 2. The number of nitrogens with zero attached hydrogens (tertiary/aromatic N) is 3. The molecule has 0 saturated heterocycles. The molecule has 8 heteroatoms. The first-order valence-electron chi connectivity index (χ1n) is 9.81. The number of hydrogen-bond donors (Lipinski definition) is 0. The fraction of sp³-hybridized carbons (Fsp3) is 0.174. The van der Waals surface area contributed by atoms with Crippen LogP contribution in [0.15, 0.2) is 70.4 Å². The summed E-state index contributed by atoms with van der Waals surface area (Å²) in [5.41, 5.74) is 0.420. The minimum absolute atomic E-state index is 0.0546. The molecule has 0 aliphatic carbocycles. The van der Waals surface area contributed by atoms with Crippen LogP contribution in [0.5, 0.6) is 0 Å². The zero-order valence-corrected chi connectivity index (χ0v) is 16.3. The second kappa shape index (κ2) is 7.46. The molecular formula is C23H17F2N3O3. The van der Waals surface area contributed by atoms with Gasteiger partial charge in [0.15, 0.2) is 5.43 Å². The van der Waals surface area contributed by atoms with Gasteiger partial charge in [0.1, 0.15) is 17.2 Å². The molecular weight excluding hydrogens is 404 g/mol. The summed E-state index contributed by atoms with van der Waals surface area (Å²) >= 11 is 0. The molecule has 1 amide bonds. The highest BCUT2D eigenvalue weighted by Gasteiger charge is 2.42. The monoisotopic (exact) mass is 421 g/mol. The summed E-state index contributed by atoms with van der Waals surface area (Å²) in [5, 5.41) is 0.0685. The Morgan fingerprint density at radius 1 is 1.00 bits per heavy atom. The molecule has 2 aromatic carbocycles. The highest BCUT2D eigenvalue weighted by atomic mass is 19.1. The Balaban J connectivity index is 1.60. The molecule has 0 bridgehead atoms. The number of aromatic nitrogens is 2. The minimum atomic E-state index is -0.741. The van der Waals surface area contributed by atoms with Gasteiger partial charge in [0.2, 0.25) is 5.76 Å². The van der Waals surface area contributed by atoms with Crippen LogP contribution in [0.3, 0.4) is 0 Å². The van der Waals surface area contributed by atoms with Crippen LogP contribution in [0.4, 0.5) is 8.78 Å². The van der Waals surface area contributed by atoms with E-state index < -0.39 is 29.0 Å². The molecule has 1 unspecified atom stereocenters. The molecule has 4 aromatic rings. The van der Waals surface area contributed by atoms with Crippen molar-refractivity contribution >= 4 is 16.9 Å². The second-order valence-electron chi connectivity index (χ2n) is 7.42. The smallest absolute Gasteiger partial charge is 0.290 e. The SMILES string of the molecule is O=C1c2oc3ccc(F)cc3c(=O)c2C(c2ccc(F)cc2)N1CCCn1ccnc1. The fourth-order valence-electron chi connectivity index (χ4n) is 4.06. The number of fused-ring (bicyclic) bond motifs is 2. The van der Waals surface area contributed by atoms with Gasteiger partial charge < -0.3 is 13.9 Å². The zero-order valence-electron chi connectivity index (χ0n) is 16.3. The maximum atomic E-state index is 13.8. The van der Waals surface area contributed by atoms with Crippen LogP contribution >= 0.6 is 0 Å². The lowest BCUT2D eigenvalue weighted by Crippen LogP contribution is -2.31. The summed E-state index contributed by atoms with van der Waals surface area (Å²) < 4.78 is 35.0. The summed E-state index contributed by atoms with van der Waals surface area (Å²) in [6, 6.07) is 8.53. The predicted molar refractivity (Wildman–Crippen MR) is 109 cm³/mol. The van der Waals surface area contributed by atoms with E-state index >= 15 is 0 Å². The van der Waals surface area contributed by atoms with Gasteiger partial charge in [-0.05, 0) is 42.3 Å². The van der Waals surface area contributed by atoms with E-state index in [-0.39, 0.29) is 22.3 Å². The van der Waals surface area contributed by atoms with Crippen molar-refractivity contribution in [2.75, 3.05) is 6.54 Å². The highest BCUT2D eigenvalue weighted by molar-refractivity contribution is 5.99. The van der Waals surface area contributed by atoms with Crippen LogP contribution < -0.4 is 5.43 Å². The molecule has 0 saturated carbocycles. The number of hydrogen-bond acceptors (Lipinski definition) is 4. The summed E-state index contributed by atoms with van der Waals surface area (Å²) in [6.45, 7) is 0.970. The number of aryl methyl sites for hydroxylation is 1. The quantitative estimate of drug-likeness (QED) is 0.490. The van der Waals surface area contributed by atoms with Crippen LogP contribution in [-0.4, -0.2) is 26.9 Å². The van der Waals surface area contributed by atoms with Crippen LogP contribution in [0, 0.1) is 11.6 Å². The molecule has 1 atom stereocenters. The molecule has 156 valence electrons. The number of imidazole rings is 1. The van der Waals surface area contributed by atoms with Gasteiger partial charge in [0.05, 0.1) is 23.3 Å². The molecule has 3 heterocycles. The van der Waals surface area contributed by atoms with Crippen molar-refractivity contribution in [1.29, 1.82) is 0 Å². The summed E-state index contributed by atoms with van der Waals surface area (Å²) in [6.07, 6.45) is 5.79. The van der Waals surface area contributed by atoms with Crippen molar-refractivity contribution in [2.24, 2.45) is 0 Å². The van der Waals surface area contributed by atoms with E-state index in [2.05, 4.69) is 4.98 Å². The third-order valence-corrected chi connectivity index (χ3v) is 5.49. The number of rotatable bonds is 5. The van der Waals surface area contributed by atoms with Gasteiger partial charge in [0.25, 0.3) is 5.91 Å². The largest absolute Gasteiger partial charge is 0.450 e. The van der Waals surface area contributed by atoms with Gasteiger partial charge in [-0.2, -0.15) is 0 Å². The predicted octanol–water partition coefficient (Wildman–Crippen LogP) is 3.90. The van der Waals surface area contributed by atoms with Gasteiger partial charge in [0, 0.05) is 25.5 Å². The third kappa shape index (κ3) is 3.30. The lowest BCUT2D eigenvalue weighted by Gasteiger charge is -2.25. The van der Waals surface area contributed by atoms with E-state index in [0.29, 0.717) is 25.1 Å². The van der Waals surface area contributed by atoms with E-state index in [9.17, 15) is 18.4 Å². The number of carbonyl (C=O) groups is 1. The molecule has 0 spiro atoms. The number of benzene rings is 2. The highest BCUT2D eigenvalue weighted by Crippen LogP contribution is 2.38.